The average Bonchev–Trinajstić information content (AvgIpc) is 3.29. The zero-order valence-corrected chi connectivity index (χ0v) is 25.0. The molecule has 42 heavy (non-hydrogen) atoms. The predicted octanol–water partition coefficient (Wildman–Crippen LogP) is 5.47. The van der Waals surface area contributed by atoms with Crippen molar-refractivity contribution in [1.29, 1.82) is 0 Å². The van der Waals surface area contributed by atoms with E-state index in [1.54, 1.807) is 87.5 Å². The number of fused-ring (bicyclic) bond motifs is 1. The number of carbonyl (C=O) groups is 2. The van der Waals surface area contributed by atoms with Crippen LogP contribution >= 0.6 is 0 Å². The largest absolute Gasteiger partial charge is 0.480 e. The Labute approximate surface area is 246 Å². The predicted molar refractivity (Wildman–Crippen MR) is 163 cm³/mol. The van der Waals surface area contributed by atoms with Gasteiger partial charge in [-0.1, -0.05) is 44.2 Å². The fourth-order valence-corrected chi connectivity index (χ4v) is 6.06. The molecule has 222 valence electrons. The minimum Gasteiger partial charge on any atom is -0.480 e. The Morgan fingerprint density at radius 3 is 2.12 bits per heavy atom. The maximum absolute atomic E-state index is 13.1. The number of nitrogens with one attached hydrogen (secondary N) is 2. The molecule has 2 atom stereocenters. The monoisotopic (exact) mass is 613 g/mol. The molecule has 1 heterocycles. The molecule has 0 saturated carbocycles. The summed E-state index contributed by atoms with van der Waals surface area (Å²) >= 11 is -2.54. The molecular weight excluding hydrogens is 582 g/mol. The Balaban J connectivity index is 1.53. The van der Waals surface area contributed by atoms with Crippen LogP contribution in [-0.4, -0.2) is 46.0 Å². The number of hydrogen-bond acceptors (Lipinski definition) is 6. The highest BCUT2D eigenvalue weighted by Crippen LogP contribution is 2.33. The lowest BCUT2D eigenvalue weighted by molar-refractivity contribution is -0.139. The second-order valence-corrected chi connectivity index (χ2v) is 12.8. The Bertz CT molecular complexity index is 1750. The topological polar surface area (TPSA) is 166 Å². The number of carbonyl (C=O) groups excluding carboxylic acids is 1. The third kappa shape index (κ3) is 6.48. The Morgan fingerprint density at radius 1 is 1.00 bits per heavy atom. The molecule has 0 aliphatic carbocycles. The molecule has 0 saturated heterocycles. The smallest absolute Gasteiger partial charge is 0.327 e. The molecule has 2 unspecified atom stereocenters. The van der Waals surface area contributed by atoms with E-state index in [2.05, 4.69) is 10.0 Å². The number of carboxylic acids is 1. The second kappa shape index (κ2) is 12.3. The number of nitrogens with zero attached hydrogens (tertiary/aromatic N) is 1. The number of furan rings is 1. The number of hydrogen-bond donors (Lipinski definition) is 4. The van der Waals surface area contributed by atoms with Crippen LogP contribution in [0.3, 0.4) is 0 Å². The van der Waals surface area contributed by atoms with Gasteiger partial charge in [0.05, 0.1) is 17.1 Å². The van der Waals surface area contributed by atoms with Crippen molar-refractivity contribution in [1.82, 2.24) is 0 Å². The van der Waals surface area contributed by atoms with Gasteiger partial charge in [0.15, 0.2) is 5.76 Å². The molecule has 1 amide bonds. The van der Waals surface area contributed by atoms with Crippen molar-refractivity contribution in [3.63, 3.8) is 0 Å². The van der Waals surface area contributed by atoms with E-state index in [1.807, 2.05) is 0 Å². The van der Waals surface area contributed by atoms with Gasteiger partial charge in [0.2, 0.25) is 10.0 Å². The van der Waals surface area contributed by atoms with Gasteiger partial charge in [-0.25, -0.2) is 17.4 Å². The lowest BCUT2D eigenvalue weighted by Gasteiger charge is -2.29. The van der Waals surface area contributed by atoms with Gasteiger partial charge >= 0.3 is 5.97 Å². The molecule has 0 aliphatic rings. The minimum absolute atomic E-state index is 0.0553. The summed E-state index contributed by atoms with van der Waals surface area (Å²) in [6, 6.07) is 17.3. The highest BCUT2D eigenvalue weighted by Gasteiger charge is 2.32. The fraction of sp³-hybridized carbons (Fsp3) is 0.241. The second-order valence-electron chi connectivity index (χ2n) is 9.90. The average molecular weight is 614 g/mol. The van der Waals surface area contributed by atoms with Crippen LogP contribution in [-0.2, 0) is 26.1 Å². The minimum atomic E-state index is -3.53. The van der Waals surface area contributed by atoms with Crippen LogP contribution in [0.15, 0.2) is 71.1 Å². The first-order chi connectivity index (χ1) is 19.8. The van der Waals surface area contributed by atoms with Crippen LogP contribution in [0.25, 0.3) is 22.1 Å². The van der Waals surface area contributed by atoms with E-state index in [0.717, 1.165) is 15.4 Å². The standard InChI is InChI=1S/C29H31N3O8S2/c1-5-42(38,39)31-23-7-6-8-24-25(23)18(4)27(40-24)28(33)30-21-13-9-19(10-14-21)20-11-15-22(16-12-20)32(41(36)37)26(17(2)3)29(34)35/h6-17,26,31H,5H2,1-4H3,(H,30,33)(H,34,35)(H,36,37). The third-order valence-corrected chi connectivity index (χ3v) is 8.77. The van der Waals surface area contributed by atoms with Gasteiger partial charge in [-0.15, -0.1) is 0 Å². The molecule has 0 bridgehead atoms. The quantitative estimate of drug-likeness (QED) is 0.162. The molecule has 0 radical (unpaired) electrons. The van der Waals surface area contributed by atoms with Crippen molar-refractivity contribution in [3.05, 3.63) is 78.1 Å². The molecular formula is C29H31N3O8S2. The van der Waals surface area contributed by atoms with Crippen molar-refractivity contribution in [2.75, 3.05) is 20.1 Å². The lowest BCUT2D eigenvalue weighted by Crippen LogP contribution is -2.45. The number of rotatable bonds is 11. The highest BCUT2D eigenvalue weighted by atomic mass is 32.2. The summed E-state index contributed by atoms with van der Waals surface area (Å²) in [7, 11) is -3.53. The molecule has 4 rings (SSSR count). The third-order valence-electron chi connectivity index (χ3n) is 6.71. The number of amides is 1. The van der Waals surface area contributed by atoms with Crippen LogP contribution in [0.4, 0.5) is 17.1 Å². The van der Waals surface area contributed by atoms with E-state index >= 15 is 0 Å². The van der Waals surface area contributed by atoms with Crippen LogP contribution in [0.5, 0.6) is 0 Å². The maximum atomic E-state index is 13.1. The molecule has 3 aromatic carbocycles. The summed E-state index contributed by atoms with van der Waals surface area (Å²) in [5.41, 5.74) is 3.55. The van der Waals surface area contributed by atoms with Crippen molar-refractivity contribution < 1.29 is 36.3 Å². The first-order valence-corrected chi connectivity index (χ1v) is 15.7. The summed E-state index contributed by atoms with van der Waals surface area (Å²) < 4.78 is 55.3. The van der Waals surface area contributed by atoms with E-state index in [1.165, 1.54) is 6.92 Å². The maximum Gasteiger partial charge on any atom is 0.327 e. The van der Waals surface area contributed by atoms with Crippen LogP contribution in [0, 0.1) is 12.8 Å². The van der Waals surface area contributed by atoms with Crippen LogP contribution in [0.2, 0.25) is 0 Å². The molecule has 13 heteroatoms. The molecule has 11 nitrogen and oxygen atoms in total. The number of anilines is 3. The zero-order valence-electron chi connectivity index (χ0n) is 23.3. The number of carboxylic acid groups (broad SMARTS) is 1. The summed E-state index contributed by atoms with van der Waals surface area (Å²) in [5, 5.41) is 12.9. The normalized spacial score (nSPS) is 13.1. The van der Waals surface area contributed by atoms with E-state index in [-0.39, 0.29) is 17.2 Å². The number of sulfonamides is 1. The van der Waals surface area contributed by atoms with E-state index in [0.29, 0.717) is 27.9 Å². The molecule has 4 aromatic rings. The summed E-state index contributed by atoms with van der Waals surface area (Å²) in [5.74, 6) is -2.16. The fourth-order valence-electron chi connectivity index (χ4n) is 4.58. The van der Waals surface area contributed by atoms with Gasteiger partial charge in [0.1, 0.15) is 11.6 Å². The van der Waals surface area contributed by atoms with Gasteiger partial charge in [0.25, 0.3) is 17.2 Å². The molecule has 4 N–H and O–H groups in total. The van der Waals surface area contributed by atoms with Gasteiger partial charge in [-0.2, -0.15) is 0 Å². The van der Waals surface area contributed by atoms with Gasteiger partial charge in [0, 0.05) is 16.6 Å². The zero-order chi connectivity index (χ0) is 30.8. The van der Waals surface area contributed by atoms with Gasteiger partial charge in [-0.05, 0) is 67.3 Å². The van der Waals surface area contributed by atoms with E-state index in [9.17, 15) is 31.9 Å². The molecule has 0 spiro atoms. The number of aryl methyl sites for hydroxylation is 1. The lowest BCUT2D eigenvalue weighted by atomic mass is 10.0. The van der Waals surface area contributed by atoms with Crippen molar-refractivity contribution in [2.24, 2.45) is 5.92 Å². The number of aliphatic carboxylic acids is 1. The Kier molecular flexibility index (Phi) is 9.04. The Hall–Kier alpha value is -4.20. The Morgan fingerprint density at radius 2 is 1.60 bits per heavy atom. The summed E-state index contributed by atoms with van der Waals surface area (Å²) in [6.45, 7) is 6.54. The summed E-state index contributed by atoms with van der Waals surface area (Å²) in [6.07, 6.45) is 0. The first-order valence-electron chi connectivity index (χ1n) is 13.0. The van der Waals surface area contributed by atoms with Gasteiger partial charge < -0.3 is 14.8 Å². The highest BCUT2D eigenvalue weighted by molar-refractivity contribution is 7.92. The number of benzene rings is 3. The molecule has 1 aromatic heterocycles. The van der Waals surface area contributed by atoms with Crippen molar-refractivity contribution in [3.8, 4) is 11.1 Å². The van der Waals surface area contributed by atoms with Gasteiger partial charge in [-0.3, -0.25) is 18.4 Å². The van der Waals surface area contributed by atoms with Crippen LogP contribution < -0.4 is 14.3 Å². The van der Waals surface area contributed by atoms with E-state index in [4.69, 9.17) is 4.42 Å². The SMILES string of the molecule is CCS(=O)(=O)Nc1cccc2oc(C(=O)Nc3ccc(-c4ccc(N(C(C(=O)O)C(C)C)S(=O)O)cc4)cc3)c(C)c12. The molecule has 0 fully saturated rings. The van der Waals surface area contributed by atoms with E-state index < -0.39 is 45.1 Å². The van der Waals surface area contributed by atoms with Crippen molar-refractivity contribution in [2.45, 2.75) is 33.7 Å². The summed E-state index contributed by atoms with van der Waals surface area (Å²) in [4.78, 5) is 24.8. The first kappa shape index (κ1) is 30.8. The van der Waals surface area contributed by atoms with Crippen LogP contribution in [0.1, 0.15) is 36.9 Å². The molecule has 0 aliphatic heterocycles. The van der Waals surface area contributed by atoms with Crippen molar-refractivity contribution >= 4 is 61.2 Å².